The second kappa shape index (κ2) is 5.40. The van der Waals surface area contributed by atoms with E-state index in [0.717, 1.165) is 17.7 Å². The Morgan fingerprint density at radius 1 is 0.905 bits per heavy atom. The van der Waals surface area contributed by atoms with Crippen molar-refractivity contribution in [1.82, 2.24) is 9.97 Å². The van der Waals surface area contributed by atoms with E-state index in [1.165, 1.54) is 18.5 Å². The maximum atomic E-state index is 13.3. The van der Waals surface area contributed by atoms with Crippen molar-refractivity contribution in [2.75, 3.05) is 5.32 Å². The summed E-state index contributed by atoms with van der Waals surface area (Å²) in [7, 11) is 0. The highest BCUT2D eigenvalue weighted by Crippen LogP contribution is 2.22. The Morgan fingerprint density at radius 3 is 2.38 bits per heavy atom. The number of hydrogen-bond acceptors (Lipinski definition) is 3. The van der Waals surface area contributed by atoms with Crippen molar-refractivity contribution in [3.8, 4) is 0 Å². The molecule has 0 atom stereocenters. The van der Waals surface area contributed by atoms with Crippen molar-refractivity contribution >= 4 is 16.7 Å². The Kier molecular flexibility index (Phi) is 3.43. The van der Waals surface area contributed by atoms with E-state index in [1.807, 2.05) is 0 Å². The monoisotopic (exact) mass is 289 g/mol. The highest BCUT2D eigenvalue weighted by molar-refractivity contribution is 5.88. The summed E-state index contributed by atoms with van der Waals surface area (Å²) in [6.45, 7) is 0.380. The quantitative estimate of drug-likeness (QED) is 0.799. The molecule has 3 nitrogen and oxygen atoms in total. The fraction of sp³-hybridized carbons (Fsp3) is 0.0667. The van der Waals surface area contributed by atoms with E-state index in [4.69, 9.17) is 0 Å². The molecule has 1 N–H and O–H groups in total. The van der Waals surface area contributed by atoms with Crippen molar-refractivity contribution in [3.05, 3.63) is 65.7 Å². The summed E-state index contributed by atoms with van der Waals surface area (Å²) in [5.41, 5.74) is 1.15. The lowest BCUT2D eigenvalue weighted by Crippen LogP contribution is -2.03. The Morgan fingerprint density at radius 2 is 1.62 bits per heavy atom. The summed E-state index contributed by atoms with van der Waals surface area (Å²) in [5.74, 6) is -1.83. The van der Waals surface area contributed by atoms with Gasteiger partial charge in [0, 0.05) is 18.0 Å². The van der Waals surface area contributed by atoms with E-state index in [-0.39, 0.29) is 5.82 Å². The minimum absolute atomic E-state index is 0.311. The van der Waals surface area contributed by atoms with Crippen LogP contribution >= 0.6 is 0 Å². The Bertz CT molecular complexity index is 788. The zero-order valence-electron chi connectivity index (χ0n) is 10.8. The van der Waals surface area contributed by atoms with Crippen LogP contribution in [0.25, 0.3) is 10.9 Å². The average molecular weight is 289 g/mol. The molecular weight excluding hydrogens is 279 g/mol. The first kappa shape index (κ1) is 13.4. The second-order valence-corrected chi connectivity index (χ2v) is 4.49. The van der Waals surface area contributed by atoms with Gasteiger partial charge in [0.2, 0.25) is 0 Å². The van der Waals surface area contributed by atoms with E-state index in [0.29, 0.717) is 23.3 Å². The summed E-state index contributed by atoms with van der Waals surface area (Å²) in [4.78, 5) is 7.93. The molecule has 0 spiro atoms. The minimum atomic E-state index is -0.956. The predicted molar refractivity (Wildman–Crippen MR) is 73.2 cm³/mol. The largest absolute Gasteiger partial charge is 0.365 e. The van der Waals surface area contributed by atoms with Crippen LogP contribution in [0.5, 0.6) is 0 Å². The van der Waals surface area contributed by atoms with Crippen LogP contribution in [0, 0.1) is 17.5 Å². The van der Waals surface area contributed by atoms with Gasteiger partial charge in [-0.05, 0) is 23.8 Å². The molecule has 1 aromatic heterocycles. The van der Waals surface area contributed by atoms with Crippen LogP contribution in [0.4, 0.5) is 19.0 Å². The lowest BCUT2D eigenvalue weighted by molar-refractivity contribution is 0.510. The van der Waals surface area contributed by atoms with Gasteiger partial charge in [-0.2, -0.15) is 0 Å². The first-order valence-corrected chi connectivity index (χ1v) is 6.21. The van der Waals surface area contributed by atoms with E-state index < -0.39 is 11.6 Å². The van der Waals surface area contributed by atoms with Crippen molar-refractivity contribution < 1.29 is 13.2 Å². The summed E-state index contributed by atoms with van der Waals surface area (Å²) in [6.07, 6.45) is 1.27. The molecule has 0 fully saturated rings. The Hall–Kier alpha value is -2.63. The number of rotatable bonds is 3. The maximum Gasteiger partial charge on any atom is 0.161 e. The van der Waals surface area contributed by atoms with Gasteiger partial charge in [-0.3, -0.25) is 0 Å². The standard InChI is InChI=1S/C15H10F3N3/c16-10-3-1-9(2-4-10)7-19-15-11-5-12(17)13(18)6-14(11)20-8-21-15/h1-6,8H,7H2,(H,19,20,21). The molecule has 0 aliphatic rings. The molecule has 0 radical (unpaired) electrons. The number of benzene rings is 2. The summed E-state index contributed by atoms with van der Waals surface area (Å²) >= 11 is 0. The van der Waals surface area contributed by atoms with Gasteiger partial charge < -0.3 is 5.32 Å². The zero-order valence-corrected chi connectivity index (χ0v) is 10.8. The number of anilines is 1. The van der Waals surface area contributed by atoms with Crippen molar-refractivity contribution in [2.24, 2.45) is 0 Å². The lowest BCUT2D eigenvalue weighted by Gasteiger charge is -2.08. The van der Waals surface area contributed by atoms with Crippen LogP contribution < -0.4 is 5.32 Å². The molecule has 0 amide bonds. The van der Waals surface area contributed by atoms with Gasteiger partial charge in [0.25, 0.3) is 0 Å². The Labute approximate surface area is 118 Å². The smallest absolute Gasteiger partial charge is 0.161 e. The highest BCUT2D eigenvalue weighted by Gasteiger charge is 2.09. The third-order valence-electron chi connectivity index (χ3n) is 3.05. The topological polar surface area (TPSA) is 37.8 Å². The Balaban J connectivity index is 1.90. The SMILES string of the molecule is Fc1ccc(CNc2ncnc3cc(F)c(F)cc23)cc1. The molecule has 21 heavy (non-hydrogen) atoms. The van der Waals surface area contributed by atoms with E-state index in [2.05, 4.69) is 15.3 Å². The first-order chi connectivity index (χ1) is 10.1. The molecule has 3 aromatic rings. The van der Waals surface area contributed by atoms with Gasteiger partial charge in [-0.15, -0.1) is 0 Å². The number of nitrogens with one attached hydrogen (secondary N) is 1. The number of fused-ring (bicyclic) bond motifs is 1. The van der Waals surface area contributed by atoms with Crippen LogP contribution in [-0.2, 0) is 6.54 Å². The number of halogens is 3. The summed E-state index contributed by atoms with van der Waals surface area (Å²) in [5, 5.41) is 3.39. The molecule has 3 rings (SSSR count). The molecular formula is C15H10F3N3. The summed E-state index contributed by atoms with van der Waals surface area (Å²) < 4.78 is 39.3. The van der Waals surface area contributed by atoms with Crippen LogP contribution in [0.15, 0.2) is 42.7 Å². The van der Waals surface area contributed by atoms with Gasteiger partial charge in [0.05, 0.1) is 5.52 Å². The average Bonchev–Trinajstić information content (AvgIpc) is 2.48. The van der Waals surface area contributed by atoms with Crippen LogP contribution in [0.2, 0.25) is 0 Å². The van der Waals surface area contributed by atoms with E-state index in [9.17, 15) is 13.2 Å². The lowest BCUT2D eigenvalue weighted by atomic mass is 10.2. The molecule has 0 aliphatic heterocycles. The maximum absolute atomic E-state index is 13.3. The highest BCUT2D eigenvalue weighted by atomic mass is 19.2. The van der Waals surface area contributed by atoms with E-state index >= 15 is 0 Å². The second-order valence-electron chi connectivity index (χ2n) is 4.49. The molecule has 0 aliphatic carbocycles. The molecule has 0 bridgehead atoms. The minimum Gasteiger partial charge on any atom is -0.365 e. The normalized spacial score (nSPS) is 10.8. The molecule has 0 saturated heterocycles. The molecule has 106 valence electrons. The molecule has 2 aromatic carbocycles. The van der Waals surface area contributed by atoms with Gasteiger partial charge >= 0.3 is 0 Å². The summed E-state index contributed by atoms with van der Waals surface area (Å²) in [6, 6.07) is 8.04. The number of nitrogens with zero attached hydrogens (tertiary/aromatic N) is 2. The third kappa shape index (κ3) is 2.79. The molecule has 0 unspecified atom stereocenters. The first-order valence-electron chi connectivity index (χ1n) is 6.21. The predicted octanol–water partition coefficient (Wildman–Crippen LogP) is 3.66. The van der Waals surface area contributed by atoms with Crippen molar-refractivity contribution in [2.45, 2.75) is 6.54 Å². The van der Waals surface area contributed by atoms with Gasteiger partial charge in [-0.1, -0.05) is 12.1 Å². The van der Waals surface area contributed by atoms with Crippen LogP contribution in [-0.4, -0.2) is 9.97 Å². The fourth-order valence-electron chi connectivity index (χ4n) is 1.98. The van der Waals surface area contributed by atoms with Gasteiger partial charge in [0.1, 0.15) is 18.0 Å². The van der Waals surface area contributed by atoms with Gasteiger partial charge in [0.15, 0.2) is 11.6 Å². The van der Waals surface area contributed by atoms with Gasteiger partial charge in [-0.25, -0.2) is 23.1 Å². The molecule has 0 saturated carbocycles. The zero-order chi connectivity index (χ0) is 14.8. The van der Waals surface area contributed by atoms with E-state index in [1.54, 1.807) is 12.1 Å². The number of aromatic nitrogens is 2. The third-order valence-corrected chi connectivity index (χ3v) is 3.05. The fourth-order valence-corrected chi connectivity index (χ4v) is 1.98. The molecule has 1 heterocycles. The van der Waals surface area contributed by atoms with Crippen LogP contribution in [0.1, 0.15) is 5.56 Å². The van der Waals surface area contributed by atoms with Crippen LogP contribution in [0.3, 0.4) is 0 Å². The number of hydrogen-bond donors (Lipinski definition) is 1. The van der Waals surface area contributed by atoms with Crippen molar-refractivity contribution in [3.63, 3.8) is 0 Å². The molecule has 6 heteroatoms. The van der Waals surface area contributed by atoms with Crippen molar-refractivity contribution in [1.29, 1.82) is 0 Å².